The van der Waals surface area contributed by atoms with Crippen LogP contribution >= 0.6 is 27.3 Å². The lowest BCUT2D eigenvalue weighted by molar-refractivity contribution is 0.682. The summed E-state index contributed by atoms with van der Waals surface area (Å²) in [6, 6.07) is 5.39. The van der Waals surface area contributed by atoms with Crippen molar-refractivity contribution in [3.05, 3.63) is 46.1 Å². The molecule has 2 heterocycles. The summed E-state index contributed by atoms with van der Waals surface area (Å²) in [5.41, 5.74) is 7.23. The molecule has 1 unspecified atom stereocenters. The minimum absolute atomic E-state index is 0.375. The first-order chi connectivity index (χ1) is 9.13. The smallest absolute Gasteiger partial charge is 0.193 e. The SMILES string of the molecule is Nc1cc(Br)ccc1S(=O)Cc1cn2ccsc2n1. The first-order valence-electron chi connectivity index (χ1n) is 5.48. The first-order valence-corrected chi connectivity index (χ1v) is 8.47. The number of nitrogens with two attached hydrogens (primary N) is 1. The maximum atomic E-state index is 12.3. The van der Waals surface area contributed by atoms with Gasteiger partial charge in [0.05, 0.1) is 27.1 Å². The molecule has 3 aromatic rings. The number of nitrogens with zero attached hydrogens (tertiary/aromatic N) is 2. The topological polar surface area (TPSA) is 60.4 Å². The Labute approximate surface area is 124 Å². The van der Waals surface area contributed by atoms with Gasteiger partial charge >= 0.3 is 0 Å². The molecule has 0 aliphatic rings. The Balaban J connectivity index is 1.86. The van der Waals surface area contributed by atoms with E-state index in [1.54, 1.807) is 23.5 Å². The lowest BCUT2D eigenvalue weighted by atomic mass is 10.3. The van der Waals surface area contributed by atoms with Crippen LogP contribution in [0.15, 0.2) is 45.3 Å². The second kappa shape index (κ2) is 5.07. The van der Waals surface area contributed by atoms with Crippen molar-refractivity contribution in [3.63, 3.8) is 0 Å². The van der Waals surface area contributed by atoms with Crippen molar-refractivity contribution in [2.45, 2.75) is 10.6 Å². The number of anilines is 1. The Morgan fingerprint density at radius 1 is 1.47 bits per heavy atom. The van der Waals surface area contributed by atoms with Gasteiger partial charge < -0.3 is 5.73 Å². The molecule has 4 nitrogen and oxygen atoms in total. The molecule has 0 saturated carbocycles. The fourth-order valence-corrected chi connectivity index (χ4v) is 3.99. The standard InChI is InChI=1S/C12H10BrN3OS2/c13-8-1-2-11(10(14)5-8)19(17)7-9-6-16-3-4-18-12(16)15-9/h1-6H,7,14H2. The molecule has 2 aromatic heterocycles. The Morgan fingerprint density at radius 2 is 2.32 bits per heavy atom. The van der Waals surface area contributed by atoms with Crippen molar-refractivity contribution in [2.75, 3.05) is 5.73 Å². The molecular weight excluding hydrogens is 346 g/mol. The van der Waals surface area contributed by atoms with Crippen LogP contribution in [-0.4, -0.2) is 13.6 Å². The zero-order valence-electron chi connectivity index (χ0n) is 9.75. The van der Waals surface area contributed by atoms with Crippen molar-refractivity contribution < 1.29 is 4.21 Å². The fourth-order valence-electron chi connectivity index (χ4n) is 1.78. The maximum absolute atomic E-state index is 12.3. The van der Waals surface area contributed by atoms with Gasteiger partial charge in [0.25, 0.3) is 0 Å². The van der Waals surface area contributed by atoms with Crippen LogP contribution in [0.3, 0.4) is 0 Å². The average molecular weight is 356 g/mol. The molecule has 0 saturated heterocycles. The molecule has 0 bridgehead atoms. The Hall–Kier alpha value is -1.18. The van der Waals surface area contributed by atoms with Crippen molar-refractivity contribution >= 4 is 48.7 Å². The summed E-state index contributed by atoms with van der Waals surface area (Å²) in [5.74, 6) is 0.375. The van der Waals surface area contributed by atoms with Gasteiger partial charge in [-0.05, 0) is 18.2 Å². The summed E-state index contributed by atoms with van der Waals surface area (Å²) in [6.07, 6.45) is 3.84. The van der Waals surface area contributed by atoms with Crippen LogP contribution in [0.2, 0.25) is 0 Å². The summed E-state index contributed by atoms with van der Waals surface area (Å²) < 4.78 is 15.1. The molecule has 0 aliphatic carbocycles. The zero-order valence-corrected chi connectivity index (χ0v) is 13.0. The van der Waals surface area contributed by atoms with E-state index in [1.807, 2.05) is 28.2 Å². The minimum Gasteiger partial charge on any atom is -0.398 e. The van der Waals surface area contributed by atoms with E-state index < -0.39 is 10.8 Å². The molecule has 98 valence electrons. The van der Waals surface area contributed by atoms with Gasteiger partial charge in [0, 0.05) is 27.9 Å². The molecule has 1 aromatic carbocycles. The molecule has 7 heteroatoms. The molecule has 3 rings (SSSR count). The number of aromatic nitrogens is 2. The number of hydrogen-bond donors (Lipinski definition) is 1. The van der Waals surface area contributed by atoms with E-state index >= 15 is 0 Å². The first kappa shape index (κ1) is 12.8. The number of hydrogen-bond acceptors (Lipinski definition) is 4. The minimum atomic E-state index is -1.18. The second-order valence-electron chi connectivity index (χ2n) is 4.00. The lowest BCUT2D eigenvalue weighted by Gasteiger charge is -2.04. The van der Waals surface area contributed by atoms with Crippen molar-refractivity contribution in [2.24, 2.45) is 0 Å². The molecule has 0 radical (unpaired) electrons. The van der Waals surface area contributed by atoms with E-state index in [-0.39, 0.29) is 0 Å². The van der Waals surface area contributed by atoms with Gasteiger partial charge in [-0.2, -0.15) is 0 Å². The maximum Gasteiger partial charge on any atom is 0.193 e. The Bertz CT molecular complexity index is 737. The molecule has 1 atom stereocenters. The average Bonchev–Trinajstić information content (AvgIpc) is 2.89. The van der Waals surface area contributed by atoms with Gasteiger partial charge in [-0.1, -0.05) is 15.9 Å². The van der Waals surface area contributed by atoms with Gasteiger partial charge in [0.2, 0.25) is 0 Å². The lowest BCUT2D eigenvalue weighted by Crippen LogP contribution is -2.01. The van der Waals surface area contributed by atoms with Gasteiger partial charge in [-0.15, -0.1) is 11.3 Å². The van der Waals surface area contributed by atoms with Crippen molar-refractivity contribution in [1.82, 2.24) is 9.38 Å². The van der Waals surface area contributed by atoms with E-state index in [0.717, 1.165) is 15.1 Å². The van der Waals surface area contributed by atoms with Crippen molar-refractivity contribution in [1.29, 1.82) is 0 Å². The highest BCUT2D eigenvalue weighted by atomic mass is 79.9. The second-order valence-corrected chi connectivity index (χ2v) is 7.21. The third kappa shape index (κ3) is 2.58. The van der Waals surface area contributed by atoms with E-state index in [0.29, 0.717) is 16.3 Å². The van der Waals surface area contributed by atoms with Crippen LogP contribution in [0, 0.1) is 0 Å². The summed E-state index contributed by atoms with van der Waals surface area (Å²) in [5, 5.41) is 1.97. The van der Waals surface area contributed by atoms with Gasteiger partial charge in [0.1, 0.15) is 0 Å². The molecule has 0 amide bonds. The molecular formula is C12H10BrN3OS2. The predicted molar refractivity (Wildman–Crippen MR) is 81.7 cm³/mol. The zero-order chi connectivity index (χ0) is 13.4. The van der Waals surface area contributed by atoms with Gasteiger partial charge in [-0.3, -0.25) is 8.61 Å². The number of thiazole rings is 1. The highest BCUT2D eigenvalue weighted by molar-refractivity contribution is 9.10. The van der Waals surface area contributed by atoms with Gasteiger partial charge in [0.15, 0.2) is 4.96 Å². The number of nitrogen functional groups attached to an aromatic ring is 1. The molecule has 0 fully saturated rings. The van der Waals surface area contributed by atoms with E-state index in [1.165, 1.54) is 0 Å². The number of imidazole rings is 1. The number of halogens is 1. The largest absolute Gasteiger partial charge is 0.398 e. The molecule has 0 aliphatic heterocycles. The van der Waals surface area contributed by atoms with Crippen molar-refractivity contribution in [3.8, 4) is 0 Å². The number of fused-ring (bicyclic) bond motifs is 1. The molecule has 19 heavy (non-hydrogen) atoms. The molecule has 2 N–H and O–H groups in total. The van der Waals surface area contributed by atoms with E-state index in [4.69, 9.17) is 5.73 Å². The summed E-state index contributed by atoms with van der Waals surface area (Å²) in [4.78, 5) is 5.99. The van der Waals surface area contributed by atoms with Crippen LogP contribution in [0.25, 0.3) is 4.96 Å². The van der Waals surface area contributed by atoms with Crippen LogP contribution < -0.4 is 5.73 Å². The summed E-state index contributed by atoms with van der Waals surface area (Å²) in [7, 11) is -1.18. The van der Waals surface area contributed by atoms with Crippen LogP contribution in [-0.2, 0) is 16.6 Å². The third-order valence-electron chi connectivity index (χ3n) is 2.64. The van der Waals surface area contributed by atoms with Crippen LogP contribution in [0.4, 0.5) is 5.69 Å². The molecule has 0 spiro atoms. The highest BCUT2D eigenvalue weighted by Gasteiger charge is 2.12. The van der Waals surface area contributed by atoms with Crippen LogP contribution in [0.5, 0.6) is 0 Å². The summed E-state index contributed by atoms with van der Waals surface area (Å²) in [6.45, 7) is 0. The summed E-state index contributed by atoms with van der Waals surface area (Å²) >= 11 is 4.90. The van der Waals surface area contributed by atoms with E-state index in [9.17, 15) is 4.21 Å². The van der Waals surface area contributed by atoms with Crippen LogP contribution in [0.1, 0.15) is 5.69 Å². The normalized spacial score (nSPS) is 12.9. The van der Waals surface area contributed by atoms with E-state index in [2.05, 4.69) is 20.9 Å². The number of benzene rings is 1. The number of rotatable bonds is 3. The highest BCUT2D eigenvalue weighted by Crippen LogP contribution is 2.23. The third-order valence-corrected chi connectivity index (χ3v) is 5.32. The monoisotopic (exact) mass is 355 g/mol. The van der Waals surface area contributed by atoms with Gasteiger partial charge in [-0.25, -0.2) is 4.98 Å². The Morgan fingerprint density at radius 3 is 3.05 bits per heavy atom. The fraction of sp³-hybridized carbons (Fsp3) is 0.0833. The quantitative estimate of drug-likeness (QED) is 0.734. The Kier molecular flexibility index (Phi) is 3.42. The predicted octanol–water partition coefficient (Wildman–Crippen LogP) is 3.05.